The summed E-state index contributed by atoms with van der Waals surface area (Å²) in [6.45, 7) is 0.305. The molecule has 0 bridgehead atoms. The first-order chi connectivity index (χ1) is 26.4. The number of hydrogen-bond donors (Lipinski definition) is 7. The topological polar surface area (TPSA) is 264 Å². The number of benzene rings is 3. The van der Waals surface area contributed by atoms with Gasteiger partial charge in [-0.05, 0) is 36.1 Å². The average Bonchev–Trinajstić information content (AvgIpc) is 3.73. The SMILES string of the molecule is COc1ccc2c(c1OCCO)O[C@H]1c3c(cc4c(c3C3=c5ccccc5=NC3)CC[C@]3(O)[C@H](O4)O[C@H]([C@H](OC(=O)CC(=O)O)C(N)N)[C@@H](O)[C@@H]3O)OC[C@@H]21. The number of aliphatic hydroxyl groups excluding tert-OH is 3. The summed E-state index contributed by atoms with van der Waals surface area (Å²) in [5.74, 6) is -1.03. The van der Waals surface area contributed by atoms with Gasteiger partial charge in [-0.2, -0.15) is 0 Å². The van der Waals surface area contributed by atoms with Gasteiger partial charge >= 0.3 is 11.9 Å². The zero-order valence-electron chi connectivity index (χ0n) is 29.6. The van der Waals surface area contributed by atoms with Crippen LogP contribution in [0, 0.1) is 0 Å². The van der Waals surface area contributed by atoms with Crippen molar-refractivity contribution >= 4 is 17.5 Å². The number of esters is 1. The summed E-state index contributed by atoms with van der Waals surface area (Å²) >= 11 is 0. The Morgan fingerprint density at radius 1 is 1.11 bits per heavy atom. The third-order valence-corrected chi connectivity index (χ3v) is 10.8. The van der Waals surface area contributed by atoms with Crippen molar-refractivity contribution < 1.29 is 68.3 Å². The van der Waals surface area contributed by atoms with Crippen molar-refractivity contribution in [1.29, 1.82) is 0 Å². The van der Waals surface area contributed by atoms with Gasteiger partial charge in [0.05, 0.1) is 44.3 Å². The van der Waals surface area contributed by atoms with E-state index in [1.54, 1.807) is 12.1 Å². The number of para-hydroxylation sites is 1. The number of ether oxygens (including phenoxy) is 7. The highest BCUT2D eigenvalue weighted by molar-refractivity contribution is 5.90. The van der Waals surface area contributed by atoms with Crippen molar-refractivity contribution in [2.24, 2.45) is 16.5 Å². The number of methoxy groups -OCH3 is 1. The minimum atomic E-state index is -2.21. The molecule has 0 aliphatic carbocycles. The van der Waals surface area contributed by atoms with Crippen molar-refractivity contribution in [3.8, 4) is 28.7 Å². The van der Waals surface area contributed by atoms with E-state index in [4.69, 9.17) is 54.7 Å². The van der Waals surface area contributed by atoms with E-state index in [9.17, 15) is 30.0 Å². The van der Waals surface area contributed by atoms with Gasteiger partial charge in [0.25, 0.3) is 0 Å². The zero-order chi connectivity index (χ0) is 38.8. The van der Waals surface area contributed by atoms with E-state index in [2.05, 4.69) is 0 Å². The lowest BCUT2D eigenvalue weighted by molar-refractivity contribution is -0.329. The Morgan fingerprint density at radius 3 is 2.65 bits per heavy atom. The molecule has 292 valence electrons. The molecule has 0 spiro atoms. The second kappa shape index (κ2) is 14.2. The van der Waals surface area contributed by atoms with E-state index in [0.717, 1.165) is 21.7 Å². The maximum atomic E-state index is 12.3. The van der Waals surface area contributed by atoms with Crippen molar-refractivity contribution in [2.45, 2.75) is 73.8 Å². The first kappa shape index (κ1) is 36.9. The van der Waals surface area contributed by atoms with Crippen LogP contribution in [0.15, 0.2) is 47.5 Å². The van der Waals surface area contributed by atoms with Gasteiger partial charge in [0, 0.05) is 28.0 Å². The molecule has 5 aliphatic heterocycles. The number of carbonyl (C=O) groups excluding carboxylic acids is 1. The van der Waals surface area contributed by atoms with Crippen LogP contribution in [-0.2, 0) is 25.5 Å². The maximum absolute atomic E-state index is 12.3. The Labute approximate surface area is 313 Å². The molecular formula is C38H41N3O14. The van der Waals surface area contributed by atoms with E-state index in [1.165, 1.54) is 7.11 Å². The van der Waals surface area contributed by atoms with Gasteiger partial charge < -0.3 is 70.2 Å². The molecule has 0 radical (unpaired) electrons. The fourth-order valence-corrected chi connectivity index (χ4v) is 8.28. The van der Waals surface area contributed by atoms with E-state index in [0.29, 0.717) is 46.2 Å². The third-order valence-electron chi connectivity index (χ3n) is 10.8. The van der Waals surface area contributed by atoms with Crippen LogP contribution in [0.2, 0.25) is 0 Å². The van der Waals surface area contributed by atoms with Crippen molar-refractivity contribution in [1.82, 2.24) is 0 Å². The monoisotopic (exact) mass is 763 g/mol. The molecule has 1 saturated heterocycles. The van der Waals surface area contributed by atoms with Crippen LogP contribution < -0.4 is 45.7 Å². The lowest BCUT2D eigenvalue weighted by atomic mass is 9.79. The first-order valence-corrected chi connectivity index (χ1v) is 17.8. The van der Waals surface area contributed by atoms with E-state index >= 15 is 0 Å². The summed E-state index contributed by atoms with van der Waals surface area (Å²) in [7, 11) is 1.52. The number of aliphatic carboxylic acids is 1. The molecule has 17 nitrogen and oxygen atoms in total. The van der Waals surface area contributed by atoms with Crippen molar-refractivity contribution in [2.75, 3.05) is 33.5 Å². The lowest BCUT2D eigenvalue weighted by Gasteiger charge is -2.48. The van der Waals surface area contributed by atoms with Gasteiger partial charge in [0.15, 0.2) is 23.2 Å². The van der Waals surface area contributed by atoms with Gasteiger partial charge in [-0.1, -0.05) is 24.3 Å². The van der Waals surface area contributed by atoms with E-state index in [-0.39, 0.29) is 44.3 Å². The summed E-state index contributed by atoms with van der Waals surface area (Å²) in [5, 5.41) is 55.2. The largest absolute Gasteiger partial charge is 0.493 e. The first-order valence-electron chi connectivity index (χ1n) is 17.8. The fourth-order valence-electron chi connectivity index (χ4n) is 8.28. The molecule has 5 heterocycles. The van der Waals surface area contributed by atoms with Crippen LogP contribution in [0.4, 0.5) is 0 Å². The van der Waals surface area contributed by atoms with Crippen LogP contribution in [-0.4, -0.2) is 113 Å². The highest BCUT2D eigenvalue weighted by Crippen LogP contribution is 2.59. The second-order valence-corrected chi connectivity index (χ2v) is 14.1. The summed E-state index contributed by atoms with van der Waals surface area (Å²) in [6, 6.07) is 13.0. The molecule has 3 aromatic carbocycles. The maximum Gasteiger partial charge on any atom is 0.317 e. The van der Waals surface area contributed by atoms with E-state index < -0.39 is 66.9 Å². The number of rotatable bonds is 10. The van der Waals surface area contributed by atoms with Gasteiger partial charge in [-0.3, -0.25) is 14.6 Å². The molecule has 0 unspecified atom stereocenters. The molecule has 1 fully saturated rings. The number of hydrogen-bond acceptors (Lipinski definition) is 16. The number of fused-ring (bicyclic) bond motifs is 8. The molecular weight excluding hydrogens is 722 g/mol. The Balaban J connectivity index is 1.24. The van der Waals surface area contributed by atoms with Crippen molar-refractivity contribution in [3.63, 3.8) is 0 Å². The average molecular weight is 764 g/mol. The number of nitrogens with two attached hydrogens (primary N) is 2. The Morgan fingerprint density at radius 2 is 1.91 bits per heavy atom. The molecule has 17 heteroatoms. The summed E-state index contributed by atoms with van der Waals surface area (Å²) in [4.78, 5) is 28.3. The second-order valence-electron chi connectivity index (χ2n) is 14.1. The predicted molar refractivity (Wildman–Crippen MR) is 187 cm³/mol. The molecule has 3 aromatic rings. The normalized spacial score (nSPS) is 27.6. The highest BCUT2D eigenvalue weighted by atomic mass is 16.7. The van der Waals surface area contributed by atoms with Crippen LogP contribution in [0.5, 0.6) is 28.7 Å². The third kappa shape index (κ3) is 6.12. The van der Waals surface area contributed by atoms with Gasteiger partial charge in [0.1, 0.15) is 48.9 Å². The summed E-state index contributed by atoms with van der Waals surface area (Å²) in [6.07, 6.45) is -11.9. The number of carboxylic acids is 1. The zero-order valence-corrected chi connectivity index (χ0v) is 29.6. The summed E-state index contributed by atoms with van der Waals surface area (Å²) < 4.78 is 42.5. The van der Waals surface area contributed by atoms with Gasteiger partial charge in [-0.25, -0.2) is 0 Å². The highest BCUT2D eigenvalue weighted by Gasteiger charge is 2.60. The number of aliphatic hydroxyl groups is 4. The summed E-state index contributed by atoms with van der Waals surface area (Å²) in [5.41, 5.74) is 13.3. The minimum absolute atomic E-state index is 0.0151. The molecule has 0 amide bonds. The molecule has 0 aromatic heterocycles. The molecule has 8 rings (SSSR count). The van der Waals surface area contributed by atoms with Crippen LogP contribution >= 0.6 is 0 Å². The van der Waals surface area contributed by atoms with Crippen molar-refractivity contribution in [3.05, 3.63) is 75.3 Å². The fraction of sp³-hybridized carbons (Fsp3) is 0.447. The molecule has 8 atom stereocenters. The van der Waals surface area contributed by atoms with Gasteiger partial charge in [-0.15, -0.1) is 0 Å². The number of carbonyl (C=O) groups is 2. The Kier molecular flexibility index (Phi) is 9.57. The Hall–Kier alpha value is -5.01. The number of carboxylic acid groups (broad SMARTS) is 1. The lowest BCUT2D eigenvalue weighted by Crippen LogP contribution is -2.71. The standard InChI is InChI=1S/C38H41N3O14/c1-49-22-7-6-17-20-15-51-24-12-23-18(8-9-38(48)35(47)29(46)33(55-37(38)52-23)34(36(39)40)53-26(45)13-25(43)44)27(19-14-41-21-5-3-2-4-16(19)21)28(24)30(20)54-31(17)32(22)50-11-10-42/h2-7,12,20,29-30,33-37,42,46-48H,8-11,13-15,39-40H2,1H3,(H,43,44)/t20-,29+,30+,33-,34-,35-,37+,38+/m0/s1. The van der Waals surface area contributed by atoms with Crippen LogP contribution in [0.1, 0.15) is 47.1 Å². The predicted octanol–water partition coefficient (Wildman–Crippen LogP) is -1.36. The molecule has 5 aliphatic rings. The number of nitrogens with zero attached hydrogens (tertiary/aromatic N) is 1. The molecule has 55 heavy (non-hydrogen) atoms. The van der Waals surface area contributed by atoms with Crippen LogP contribution in [0.3, 0.4) is 0 Å². The van der Waals surface area contributed by atoms with Gasteiger partial charge in [0.2, 0.25) is 12.0 Å². The Bertz CT molecular complexity index is 2160. The smallest absolute Gasteiger partial charge is 0.317 e. The molecule has 0 saturated carbocycles. The van der Waals surface area contributed by atoms with E-state index in [1.807, 2.05) is 30.3 Å². The van der Waals surface area contributed by atoms with Crippen LogP contribution in [0.25, 0.3) is 5.57 Å². The quantitative estimate of drug-likeness (QED) is 0.0714. The molecule has 9 N–H and O–H groups in total. The minimum Gasteiger partial charge on any atom is -0.493 e.